The van der Waals surface area contributed by atoms with Crippen molar-refractivity contribution in [3.63, 3.8) is 0 Å². The summed E-state index contributed by atoms with van der Waals surface area (Å²) in [6, 6.07) is 5.95. The van der Waals surface area contributed by atoms with E-state index in [2.05, 4.69) is 6.07 Å². The number of fused-ring (bicyclic) bond motifs is 1. The Labute approximate surface area is 113 Å². The maximum absolute atomic E-state index is 11.6. The van der Waals surface area contributed by atoms with Gasteiger partial charge in [0.25, 0.3) is 0 Å². The monoisotopic (exact) mass is 281 g/mol. The van der Waals surface area contributed by atoms with E-state index in [1.807, 2.05) is 19.1 Å². The number of rotatable bonds is 0. The summed E-state index contributed by atoms with van der Waals surface area (Å²) in [7, 11) is -2.88. The molecule has 0 aromatic heterocycles. The summed E-state index contributed by atoms with van der Waals surface area (Å²) in [6.45, 7) is 2.03. The fourth-order valence-corrected chi connectivity index (χ4v) is 4.62. The Hall–Kier alpha value is -1.07. The van der Waals surface area contributed by atoms with Gasteiger partial charge in [-0.1, -0.05) is 17.7 Å². The molecule has 1 saturated heterocycles. The molecular weight excluding hydrogens is 262 g/mol. The first-order chi connectivity index (χ1) is 8.89. The first-order valence-corrected chi connectivity index (χ1v) is 8.47. The zero-order valence-corrected chi connectivity index (χ0v) is 11.9. The lowest BCUT2D eigenvalue weighted by Crippen LogP contribution is -2.48. The van der Waals surface area contributed by atoms with E-state index in [0.717, 1.165) is 11.3 Å². The van der Waals surface area contributed by atoms with Crippen molar-refractivity contribution in [3.05, 3.63) is 29.3 Å². The minimum absolute atomic E-state index is 0.0653. The highest BCUT2D eigenvalue weighted by Crippen LogP contribution is 2.43. The van der Waals surface area contributed by atoms with Gasteiger partial charge in [0.05, 0.1) is 11.5 Å². The third kappa shape index (κ3) is 2.37. The van der Waals surface area contributed by atoms with Crippen LogP contribution in [0.5, 0.6) is 5.75 Å². The van der Waals surface area contributed by atoms with E-state index in [-0.39, 0.29) is 23.1 Å². The quantitative estimate of drug-likeness (QED) is 0.786. The summed E-state index contributed by atoms with van der Waals surface area (Å²) in [5.74, 6) is 1.24. The molecule has 2 aliphatic heterocycles. The lowest BCUT2D eigenvalue weighted by molar-refractivity contribution is 0.0264. The molecule has 2 heterocycles. The number of hydrogen-bond donors (Lipinski definition) is 1. The maximum atomic E-state index is 11.6. The second kappa shape index (κ2) is 4.21. The van der Waals surface area contributed by atoms with Gasteiger partial charge in [-0.25, -0.2) is 8.42 Å². The molecule has 0 amide bonds. The molecule has 0 bridgehead atoms. The number of hydrogen-bond acceptors (Lipinski definition) is 4. The molecular formula is C14H19NO3S. The predicted octanol–water partition coefficient (Wildman–Crippen LogP) is 1.72. The van der Waals surface area contributed by atoms with Gasteiger partial charge in [0, 0.05) is 30.9 Å². The molecule has 2 aliphatic rings. The summed E-state index contributed by atoms with van der Waals surface area (Å²) < 4.78 is 29.3. The third-order valence-corrected chi connectivity index (χ3v) is 5.87. The molecule has 0 aliphatic carbocycles. The minimum Gasteiger partial charge on any atom is -0.487 e. The molecule has 0 saturated carbocycles. The van der Waals surface area contributed by atoms with Gasteiger partial charge in [0.1, 0.15) is 11.4 Å². The predicted molar refractivity (Wildman–Crippen MR) is 74.0 cm³/mol. The van der Waals surface area contributed by atoms with Crippen molar-refractivity contribution in [1.29, 1.82) is 0 Å². The first kappa shape index (κ1) is 12.9. The van der Waals surface area contributed by atoms with E-state index in [0.29, 0.717) is 19.3 Å². The fraction of sp³-hybridized carbons (Fsp3) is 0.571. The van der Waals surface area contributed by atoms with Crippen molar-refractivity contribution >= 4 is 9.84 Å². The van der Waals surface area contributed by atoms with E-state index in [9.17, 15) is 8.42 Å². The molecule has 2 N–H and O–H groups in total. The van der Waals surface area contributed by atoms with Crippen LogP contribution < -0.4 is 10.5 Å². The second-order valence-electron chi connectivity index (χ2n) is 5.79. The van der Waals surface area contributed by atoms with Crippen LogP contribution in [0.4, 0.5) is 0 Å². The summed E-state index contributed by atoms with van der Waals surface area (Å²) >= 11 is 0. The average Bonchev–Trinajstić information content (AvgIpc) is 2.35. The van der Waals surface area contributed by atoms with Gasteiger partial charge in [0.15, 0.2) is 9.84 Å². The van der Waals surface area contributed by atoms with E-state index in [4.69, 9.17) is 10.5 Å². The molecule has 1 atom stereocenters. The van der Waals surface area contributed by atoms with Crippen LogP contribution in [0.2, 0.25) is 0 Å². The summed E-state index contributed by atoms with van der Waals surface area (Å²) in [4.78, 5) is 0. The Morgan fingerprint density at radius 1 is 1.32 bits per heavy atom. The lowest BCUT2D eigenvalue weighted by Gasteiger charge is -2.43. The van der Waals surface area contributed by atoms with Crippen LogP contribution in [0.3, 0.4) is 0 Å². The lowest BCUT2D eigenvalue weighted by atomic mass is 9.83. The molecule has 5 heteroatoms. The van der Waals surface area contributed by atoms with Crippen LogP contribution in [-0.4, -0.2) is 25.5 Å². The number of sulfone groups is 1. The second-order valence-corrected chi connectivity index (χ2v) is 8.09. The highest BCUT2D eigenvalue weighted by Gasteiger charge is 2.44. The van der Waals surface area contributed by atoms with Crippen molar-refractivity contribution in [2.45, 2.75) is 37.8 Å². The molecule has 1 aromatic rings. The van der Waals surface area contributed by atoms with Crippen molar-refractivity contribution in [2.24, 2.45) is 5.73 Å². The molecule has 0 unspecified atom stereocenters. The van der Waals surface area contributed by atoms with Gasteiger partial charge in [-0.3, -0.25) is 0 Å². The van der Waals surface area contributed by atoms with Crippen molar-refractivity contribution in [3.8, 4) is 5.75 Å². The number of benzene rings is 1. The number of nitrogens with two attached hydrogens (primary N) is 1. The third-order valence-electron chi connectivity index (χ3n) is 4.22. The van der Waals surface area contributed by atoms with Crippen molar-refractivity contribution < 1.29 is 13.2 Å². The summed E-state index contributed by atoms with van der Waals surface area (Å²) in [5, 5.41) is 0. The molecule has 19 heavy (non-hydrogen) atoms. The van der Waals surface area contributed by atoms with Crippen LogP contribution in [0, 0.1) is 6.92 Å². The number of ether oxygens (including phenoxy) is 1. The Morgan fingerprint density at radius 3 is 2.68 bits per heavy atom. The highest BCUT2D eigenvalue weighted by atomic mass is 32.2. The molecule has 1 fully saturated rings. The van der Waals surface area contributed by atoms with Gasteiger partial charge >= 0.3 is 0 Å². The maximum Gasteiger partial charge on any atom is 0.150 e. The van der Waals surface area contributed by atoms with Gasteiger partial charge in [-0.15, -0.1) is 0 Å². The minimum atomic E-state index is -2.88. The average molecular weight is 281 g/mol. The molecule has 1 aromatic carbocycles. The highest BCUT2D eigenvalue weighted by molar-refractivity contribution is 7.91. The van der Waals surface area contributed by atoms with Crippen LogP contribution in [0.15, 0.2) is 18.2 Å². The Kier molecular flexibility index (Phi) is 2.87. The molecule has 0 radical (unpaired) electrons. The molecule has 104 valence electrons. The molecule has 3 rings (SSSR count). The van der Waals surface area contributed by atoms with E-state index in [1.165, 1.54) is 5.56 Å². The summed E-state index contributed by atoms with van der Waals surface area (Å²) in [6.07, 6.45) is 1.81. The van der Waals surface area contributed by atoms with Crippen molar-refractivity contribution in [1.82, 2.24) is 0 Å². The molecule has 1 spiro atoms. The SMILES string of the molecule is Cc1ccc2c(c1)[C@@H](N)CC1(CCS(=O)(=O)CC1)O2. The van der Waals surface area contributed by atoms with E-state index in [1.54, 1.807) is 0 Å². The van der Waals surface area contributed by atoms with Crippen LogP contribution in [-0.2, 0) is 9.84 Å². The number of aryl methyl sites for hydroxylation is 1. The Bertz CT molecular complexity index is 595. The van der Waals surface area contributed by atoms with Crippen molar-refractivity contribution in [2.75, 3.05) is 11.5 Å². The smallest absolute Gasteiger partial charge is 0.150 e. The standard InChI is InChI=1S/C14H19NO3S/c1-10-2-3-13-11(8-10)12(15)9-14(18-13)4-6-19(16,17)7-5-14/h2-3,8,12H,4-7,9,15H2,1H3/t12-/m0/s1. The van der Waals surface area contributed by atoms with Gasteiger partial charge in [-0.05, 0) is 13.0 Å². The van der Waals surface area contributed by atoms with Gasteiger partial charge in [0.2, 0.25) is 0 Å². The van der Waals surface area contributed by atoms with Crippen LogP contribution in [0.1, 0.15) is 36.4 Å². The zero-order chi connectivity index (χ0) is 13.7. The Balaban J connectivity index is 1.91. The van der Waals surface area contributed by atoms with Gasteiger partial charge < -0.3 is 10.5 Å². The normalized spacial score (nSPS) is 27.6. The van der Waals surface area contributed by atoms with Crippen LogP contribution in [0.25, 0.3) is 0 Å². The summed E-state index contributed by atoms with van der Waals surface area (Å²) in [5.41, 5.74) is 8.08. The van der Waals surface area contributed by atoms with Gasteiger partial charge in [-0.2, -0.15) is 0 Å². The van der Waals surface area contributed by atoms with E-state index >= 15 is 0 Å². The topological polar surface area (TPSA) is 69.4 Å². The fourth-order valence-electron chi connectivity index (χ4n) is 3.05. The molecule has 4 nitrogen and oxygen atoms in total. The zero-order valence-electron chi connectivity index (χ0n) is 11.1. The van der Waals surface area contributed by atoms with Crippen LogP contribution >= 0.6 is 0 Å². The first-order valence-electron chi connectivity index (χ1n) is 6.65. The Morgan fingerprint density at radius 2 is 2.00 bits per heavy atom. The van der Waals surface area contributed by atoms with E-state index < -0.39 is 9.84 Å². The largest absolute Gasteiger partial charge is 0.487 e.